The molecule has 3 N–H and O–H groups in total. The molecule has 19 heavy (non-hydrogen) atoms. The summed E-state index contributed by atoms with van der Waals surface area (Å²) in [4.78, 5) is 25.4. The van der Waals surface area contributed by atoms with Gasteiger partial charge in [-0.05, 0) is 24.5 Å². The molecule has 1 saturated heterocycles. The Balaban J connectivity index is 2.19. The molecule has 2 rings (SSSR count). The van der Waals surface area contributed by atoms with Crippen molar-refractivity contribution in [1.82, 2.24) is 10.2 Å². The van der Waals surface area contributed by atoms with E-state index >= 15 is 0 Å². The fourth-order valence-electron chi connectivity index (χ4n) is 2.17. The molecule has 0 aromatic heterocycles. The van der Waals surface area contributed by atoms with Crippen molar-refractivity contribution in [2.75, 3.05) is 0 Å². The summed E-state index contributed by atoms with van der Waals surface area (Å²) < 4.78 is 0. The molecule has 1 aliphatic heterocycles. The summed E-state index contributed by atoms with van der Waals surface area (Å²) in [6, 6.07) is 7.29. The van der Waals surface area contributed by atoms with E-state index in [1.165, 1.54) is 4.90 Å². The highest BCUT2D eigenvalue weighted by atomic mass is 16.2. The lowest BCUT2D eigenvalue weighted by atomic mass is 9.99. The van der Waals surface area contributed by atoms with Gasteiger partial charge in [0.25, 0.3) is 5.91 Å². The van der Waals surface area contributed by atoms with Crippen LogP contribution in [-0.2, 0) is 17.9 Å². The van der Waals surface area contributed by atoms with Crippen LogP contribution in [0.15, 0.2) is 24.3 Å². The van der Waals surface area contributed by atoms with Gasteiger partial charge in [-0.2, -0.15) is 0 Å². The standard InChI is InChI=1S/C14H19N3O2/c1-3-14(2)12(18)17(13(19)16-14)9-11-6-4-5-10(7-11)8-15/h4-7H,3,8-9,15H2,1-2H3,(H,16,19). The van der Waals surface area contributed by atoms with E-state index in [9.17, 15) is 9.59 Å². The second-order valence-corrected chi connectivity index (χ2v) is 5.03. The van der Waals surface area contributed by atoms with Crippen LogP contribution in [0, 0.1) is 0 Å². The molecule has 1 atom stereocenters. The number of rotatable bonds is 4. The molecule has 102 valence electrons. The lowest BCUT2D eigenvalue weighted by molar-refractivity contribution is -0.131. The van der Waals surface area contributed by atoms with Crippen LogP contribution in [0.3, 0.4) is 0 Å². The zero-order chi connectivity index (χ0) is 14.0. The van der Waals surface area contributed by atoms with Gasteiger partial charge in [0.15, 0.2) is 0 Å². The average Bonchev–Trinajstić information content (AvgIpc) is 2.63. The summed E-state index contributed by atoms with van der Waals surface area (Å²) in [6.45, 7) is 4.37. The predicted molar refractivity (Wildman–Crippen MR) is 72.1 cm³/mol. The molecule has 5 nitrogen and oxygen atoms in total. The fraction of sp³-hybridized carbons (Fsp3) is 0.429. The molecular formula is C14H19N3O2. The third-order valence-electron chi connectivity index (χ3n) is 3.62. The van der Waals surface area contributed by atoms with E-state index in [-0.39, 0.29) is 18.5 Å². The van der Waals surface area contributed by atoms with Crippen LogP contribution in [0.5, 0.6) is 0 Å². The molecule has 0 aliphatic carbocycles. The Hall–Kier alpha value is -1.88. The van der Waals surface area contributed by atoms with Crippen molar-refractivity contribution >= 4 is 11.9 Å². The van der Waals surface area contributed by atoms with Crippen LogP contribution in [0.25, 0.3) is 0 Å². The van der Waals surface area contributed by atoms with Gasteiger partial charge in [-0.3, -0.25) is 9.69 Å². The molecule has 1 heterocycles. The molecule has 0 bridgehead atoms. The number of hydrogen-bond donors (Lipinski definition) is 2. The van der Waals surface area contributed by atoms with Crippen LogP contribution < -0.4 is 11.1 Å². The number of benzene rings is 1. The molecule has 1 aromatic carbocycles. The van der Waals surface area contributed by atoms with Gasteiger partial charge in [0.05, 0.1) is 6.54 Å². The lowest BCUT2D eigenvalue weighted by Crippen LogP contribution is -2.43. The first kappa shape index (κ1) is 13.5. The molecule has 1 aliphatic rings. The molecule has 0 saturated carbocycles. The highest BCUT2D eigenvalue weighted by molar-refractivity contribution is 6.06. The van der Waals surface area contributed by atoms with Crippen LogP contribution in [0.4, 0.5) is 4.79 Å². The number of amides is 3. The molecule has 0 radical (unpaired) electrons. The second-order valence-electron chi connectivity index (χ2n) is 5.03. The summed E-state index contributed by atoms with van der Waals surface area (Å²) in [5.74, 6) is -0.168. The van der Waals surface area contributed by atoms with Crippen LogP contribution in [0.1, 0.15) is 31.4 Å². The van der Waals surface area contributed by atoms with Crippen molar-refractivity contribution in [3.63, 3.8) is 0 Å². The van der Waals surface area contributed by atoms with Gasteiger partial charge < -0.3 is 11.1 Å². The Morgan fingerprint density at radius 2 is 2.00 bits per heavy atom. The Labute approximate surface area is 112 Å². The summed E-state index contributed by atoms with van der Waals surface area (Å²) in [7, 11) is 0. The van der Waals surface area contributed by atoms with E-state index in [2.05, 4.69) is 5.32 Å². The monoisotopic (exact) mass is 261 g/mol. The number of carbonyl (C=O) groups excluding carboxylic acids is 2. The average molecular weight is 261 g/mol. The first-order chi connectivity index (χ1) is 9.00. The summed E-state index contributed by atoms with van der Waals surface area (Å²) in [6.07, 6.45) is 0.580. The van der Waals surface area contributed by atoms with Gasteiger partial charge in [-0.15, -0.1) is 0 Å². The smallest absolute Gasteiger partial charge is 0.325 e. The number of imide groups is 1. The third-order valence-corrected chi connectivity index (χ3v) is 3.62. The minimum atomic E-state index is -0.775. The molecule has 1 fully saturated rings. The quantitative estimate of drug-likeness (QED) is 0.804. The first-order valence-electron chi connectivity index (χ1n) is 6.42. The minimum Gasteiger partial charge on any atom is -0.326 e. The van der Waals surface area contributed by atoms with E-state index in [1.54, 1.807) is 6.92 Å². The summed E-state index contributed by atoms with van der Waals surface area (Å²) in [5, 5.41) is 2.74. The molecule has 0 spiro atoms. The Kier molecular flexibility index (Phi) is 3.57. The Morgan fingerprint density at radius 1 is 1.32 bits per heavy atom. The third kappa shape index (κ3) is 2.46. The number of carbonyl (C=O) groups is 2. The van der Waals surface area contributed by atoms with E-state index in [1.807, 2.05) is 31.2 Å². The second kappa shape index (κ2) is 5.01. The zero-order valence-electron chi connectivity index (χ0n) is 11.3. The summed E-state index contributed by atoms with van der Waals surface area (Å²) in [5.41, 5.74) is 6.71. The van der Waals surface area contributed by atoms with Gasteiger partial charge in [-0.25, -0.2) is 4.79 Å². The largest absolute Gasteiger partial charge is 0.326 e. The molecular weight excluding hydrogens is 242 g/mol. The topological polar surface area (TPSA) is 75.4 Å². The van der Waals surface area contributed by atoms with Crippen molar-refractivity contribution in [3.8, 4) is 0 Å². The molecule has 1 unspecified atom stereocenters. The van der Waals surface area contributed by atoms with Crippen molar-refractivity contribution in [3.05, 3.63) is 35.4 Å². The Morgan fingerprint density at radius 3 is 2.58 bits per heavy atom. The van der Waals surface area contributed by atoms with Gasteiger partial charge in [-0.1, -0.05) is 31.2 Å². The first-order valence-corrected chi connectivity index (χ1v) is 6.42. The van der Waals surface area contributed by atoms with E-state index < -0.39 is 5.54 Å². The van der Waals surface area contributed by atoms with Gasteiger partial charge in [0, 0.05) is 6.54 Å². The fourth-order valence-corrected chi connectivity index (χ4v) is 2.17. The minimum absolute atomic E-state index is 0.168. The Bertz CT molecular complexity index is 515. The highest BCUT2D eigenvalue weighted by Gasteiger charge is 2.46. The predicted octanol–water partition coefficient (Wildman–Crippen LogP) is 1.37. The van der Waals surface area contributed by atoms with Crippen molar-refractivity contribution in [2.45, 2.75) is 38.9 Å². The van der Waals surface area contributed by atoms with Crippen LogP contribution in [0.2, 0.25) is 0 Å². The van der Waals surface area contributed by atoms with Crippen LogP contribution >= 0.6 is 0 Å². The van der Waals surface area contributed by atoms with Gasteiger partial charge in [0.2, 0.25) is 0 Å². The zero-order valence-corrected chi connectivity index (χ0v) is 11.3. The number of nitrogens with zero attached hydrogens (tertiary/aromatic N) is 1. The number of nitrogens with two attached hydrogens (primary N) is 1. The molecule has 1 aromatic rings. The van der Waals surface area contributed by atoms with Crippen molar-refractivity contribution in [2.24, 2.45) is 5.73 Å². The van der Waals surface area contributed by atoms with Gasteiger partial charge in [0.1, 0.15) is 5.54 Å². The molecule has 3 amide bonds. The maximum atomic E-state index is 12.2. The van der Waals surface area contributed by atoms with E-state index in [4.69, 9.17) is 5.73 Å². The maximum absolute atomic E-state index is 12.2. The number of urea groups is 1. The van der Waals surface area contributed by atoms with E-state index in [0.29, 0.717) is 13.0 Å². The van der Waals surface area contributed by atoms with Gasteiger partial charge >= 0.3 is 6.03 Å². The van der Waals surface area contributed by atoms with Crippen molar-refractivity contribution < 1.29 is 9.59 Å². The highest BCUT2D eigenvalue weighted by Crippen LogP contribution is 2.22. The van der Waals surface area contributed by atoms with Crippen molar-refractivity contribution in [1.29, 1.82) is 0 Å². The van der Waals surface area contributed by atoms with E-state index in [0.717, 1.165) is 11.1 Å². The van der Waals surface area contributed by atoms with Crippen LogP contribution in [-0.4, -0.2) is 22.4 Å². The number of hydrogen-bond acceptors (Lipinski definition) is 3. The summed E-state index contributed by atoms with van der Waals surface area (Å²) >= 11 is 0. The normalized spacial score (nSPS) is 22.8. The molecule has 5 heteroatoms. The maximum Gasteiger partial charge on any atom is 0.325 e. The number of nitrogens with one attached hydrogen (secondary N) is 1. The lowest BCUT2D eigenvalue weighted by Gasteiger charge is -2.19. The SMILES string of the molecule is CCC1(C)NC(=O)N(Cc2cccc(CN)c2)C1=O.